The fourth-order valence-corrected chi connectivity index (χ4v) is 20.7. The molecule has 0 atom stereocenters. The minimum absolute atomic E-state index is 0.105. The molecule has 3 aromatic carbocycles. The van der Waals surface area contributed by atoms with E-state index in [1.54, 1.807) is 0 Å². The molecule has 0 amide bonds. The summed E-state index contributed by atoms with van der Waals surface area (Å²) in [7, 11) is 13.2. The summed E-state index contributed by atoms with van der Waals surface area (Å²) in [5.74, 6) is -7.62. The Morgan fingerprint density at radius 1 is 0.395 bits per heavy atom. The number of hydrogen-bond acceptors (Lipinski definition) is 24. The van der Waals surface area contributed by atoms with Gasteiger partial charge < -0.3 is 47.7 Å². The molecule has 0 saturated heterocycles. The van der Waals surface area contributed by atoms with Crippen LogP contribution in [-0.4, -0.2) is 138 Å². The fraction of sp³-hybridized carbons (Fsp3) is 0.333. The summed E-state index contributed by atoms with van der Waals surface area (Å²) in [4.78, 5) is 117. The van der Waals surface area contributed by atoms with E-state index in [4.69, 9.17) is 37.9 Å². The maximum atomic E-state index is 14.5. The molecule has 18 nitrogen and oxygen atoms in total. The molecule has 0 saturated carbocycles. The monoisotopic (exact) mass is 1210 g/mol. The van der Waals surface area contributed by atoms with Gasteiger partial charge in [0.2, 0.25) is 0 Å². The second-order valence-corrected chi connectivity index (χ2v) is 27.0. The molecular weight excluding hydrogens is 1160 g/mol. The predicted molar refractivity (Wildman–Crippen MR) is 314 cm³/mol. The first-order valence-electron chi connectivity index (χ1n) is 24.5. The van der Waals surface area contributed by atoms with Crippen LogP contribution in [0.2, 0.25) is 0 Å². The lowest BCUT2D eigenvalue weighted by Gasteiger charge is -2.51. The average Bonchev–Trinajstić information content (AvgIpc) is 2.05. The number of fused-ring (bicyclic) bond motifs is 6. The standard InChI is InChI=1S/C57H54N2O16S6/c1-54(2)44-34(56(36(46(60)68-7)38(76-44)48(62)70-9)78-40(50(64)72-11)41(79-56)51(65)73-12)29-24-27(20-22-31(29)58(54)5)33(26-18-16-15-17-19-26)28-21-23-32-30(25-28)35-45(55(3,4)59(32)6)77-39(49(63)71-10)37(47(61)69-8)57(35)80-42(52(66)74-13)43(81-57)53(67)75-14/h15-25,33H,1-14H3. The number of nitrogens with zero attached hydrogens (tertiary/aromatic N) is 2. The van der Waals surface area contributed by atoms with Gasteiger partial charge in [-0.05, 0) is 68.7 Å². The lowest BCUT2D eigenvalue weighted by Crippen LogP contribution is -2.49. The van der Waals surface area contributed by atoms with Crippen LogP contribution in [0.15, 0.2) is 117 Å². The Morgan fingerprint density at radius 2 is 0.691 bits per heavy atom. The first kappa shape index (κ1) is 59.2. The Labute approximate surface area is 492 Å². The Hall–Kier alpha value is -6.44. The van der Waals surface area contributed by atoms with Crippen LogP contribution in [0.25, 0.3) is 11.1 Å². The minimum Gasteiger partial charge on any atom is -0.466 e. The number of carbonyl (C=O) groups is 8. The van der Waals surface area contributed by atoms with Crippen molar-refractivity contribution in [3.05, 3.63) is 145 Å². The van der Waals surface area contributed by atoms with E-state index in [-0.39, 0.29) is 40.6 Å². The Morgan fingerprint density at radius 3 is 0.988 bits per heavy atom. The highest BCUT2D eigenvalue weighted by atomic mass is 32.2. The van der Waals surface area contributed by atoms with Crippen LogP contribution in [0.1, 0.15) is 61.4 Å². The zero-order chi connectivity index (χ0) is 59.0. The smallest absolute Gasteiger partial charge is 0.345 e. The summed E-state index contributed by atoms with van der Waals surface area (Å²) in [6, 6.07) is 21.6. The third kappa shape index (κ3) is 9.09. The van der Waals surface area contributed by atoms with Crippen LogP contribution in [0.5, 0.6) is 0 Å². The second kappa shape index (κ2) is 22.0. The topological polar surface area (TPSA) is 217 Å². The average molecular weight is 1220 g/mol. The maximum Gasteiger partial charge on any atom is 0.345 e. The Kier molecular flexibility index (Phi) is 16.1. The van der Waals surface area contributed by atoms with E-state index in [0.29, 0.717) is 43.5 Å². The van der Waals surface area contributed by atoms with Crippen LogP contribution >= 0.6 is 70.6 Å². The molecule has 81 heavy (non-hydrogen) atoms. The first-order valence-corrected chi connectivity index (χ1v) is 29.4. The molecule has 2 spiro atoms. The van der Waals surface area contributed by atoms with Gasteiger partial charge in [-0.2, -0.15) is 0 Å². The number of rotatable bonds is 11. The molecule has 6 heterocycles. The number of hydrogen-bond donors (Lipinski definition) is 0. The van der Waals surface area contributed by atoms with Crippen molar-refractivity contribution in [2.24, 2.45) is 0 Å². The zero-order valence-electron chi connectivity index (χ0n) is 46.3. The van der Waals surface area contributed by atoms with Crippen LogP contribution in [0.3, 0.4) is 0 Å². The molecule has 24 heteroatoms. The SMILES string of the molecule is COC(=O)C1=C(C(=O)OC)SC2(S1)C(C(=O)OC)=C(C(=O)OC)SC1=C2c2cc(C(c3ccccc3)c3ccc4c(c3)C3=C(SC(C(=O)OC)=C(C(=O)OC)C35SC(C(=O)OC)=C(C(=O)OC)S5)C(C)(C)N4C)ccc2N(C)C1(C)C. The van der Waals surface area contributed by atoms with Crippen LogP contribution < -0.4 is 9.80 Å². The highest BCUT2D eigenvalue weighted by molar-refractivity contribution is 8.27. The summed E-state index contributed by atoms with van der Waals surface area (Å²) < 4.78 is 39.0. The van der Waals surface area contributed by atoms with Crippen LogP contribution in [0, 0.1) is 0 Å². The summed E-state index contributed by atoms with van der Waals surface area (Å²) in [6.07, 6.45) is 0. The molecule has 0 radical (unpaired) electrons. The van der Waals surface area contributed by atoms with Gasteiger partial charge in [0.05, 0.1) is 79.1 Å². The van der Waals surface area contributed by atoms with Crippen molar-refractivity contribution < 1.29 is 76.3 Å². The van der Waals surface area contributed by atoms with Gasteiger partial charge in [0.25, 0.3) is 0 Å². The van der Waals surface area contributed by atoms with E-state index in [1.807, 2.05) is 109 Å². The van der Waals surface area contributed by atoms with Crippen molar-refractivity contribution >= 4 is 141 Å². The number of esters is 8. The van der Waals surface area contributed by atoms with Gasteiger partial charge in [-0.15, -0.1) is 0 Å². The predicted octanol–water partition coefficient (Wildman–Crippen LogP) is 8.91. The number of methoxy groups -OCH3 is 8. The van der Waals surface area contributed by atoms with Crippen LogP contribution in [0.4, 0.5) is 11.4 Å². The van der Waals surface area contributed by atoms with Crippen molar-refractivity contribution in [3.8, 4) is 0 Å². The van der Waals surface area contributed by atoms with Crippen molar-refractivity contribution in [2.75, 3.05) is 80.8 Å². The minimum atomic E-state index is -1.78. The van der Waals surface area contributed by atoms with E-state index < -0.39 is 72.9 Å². The molecule has 6 aliphatic rings. The number of benzene rings is 3. The normalized spacial score (nSPS) is 19.0. The zero-order valence-corrected chi connectivity index (χ0v) is 51.2. The van der Waals surface area contributed by atoms with Gasteiger partial charge in [0.1, 0.15) is 37.6 Å². The molecule has 0 bridgehead atoms. The number of ether oxygens (including phenoxy) is 8. The fourth-order valence-electron chi connectivity index (χ4n) is 10.5. The summed E-state index contributed by atoms with van der Waals surface area (Å²) in [5, 5.41) is 0. The molecule has 6 aliphatic heterocycles. The quantitative estimate of drug-likeness (QED) is 0.0994. The number of likely N-dealkylation sites (N-methyl/N-ethyl adjacent to an activating group) is 2. The van der Waals surface area contributed by atoms with Crippen molar-refractivity contribution in [2.45, 2.75) is 52.8 Å². The van der Waals surface area contributed by atoms with Gasteiger partial charge in [0.15, 0.2) is 0 Å². The Balaban J connectivity index is 1.34. The maximum absolute atomic E-state index is 14.5. The van der Waals surface area contributed by atoms with E-state index in [1.165, 1.54) is 56.9 Å². The molecule has 0 fully saturated rings. The lowest BCUT2D eigenvalue weighted by molar-refractivity contribution is -0.138. The second-order valence-electron chi connectivity index (χ2n) is 19.5. The van der Waals surface area contributed by atoms with Crippen molar-refractivity contribution in [1.29, 1.82) is 0 Å². The number of thioether (sulfide) groups is 6. The van der Waals surface area contributed by atoms with E-state index in [2.05, 4.69) is 9.80 Å². The van der Waals surface area contributed by atoms with Crippen molar-refractivity contribution in [3.63, 3.8) is 0 Å². The third-order valence-electron chi connectivity index (χ3n) is 14.9. The third-order valence-corrected chi connectivity index (χ3v) is 24.2. The lowest BCUT2D eigenvalue weighted by atomic mass is 9.78. The summed E-state index contributed by atoms with van der Waals surface area (Å²) in [5.41, 5.74) is 3.69. The number of carbonyl (C=O) groups excluding carboxylic acids is 8. The number of anilines is 2. The summed E-state index contributed by atoms with van der Waals surface area (Å²) >= 11 is 5.60. The van der Waals surface area contributed by atoms with E-state index >= 15 is 0 Å². The van der Waals surface area contributed by atoms with Crippen molar-refractivity contribution in [1.82, 2.24) is 0 Å². The molecule has 0 N–H and O–H groups in total. The molecule has 9 rings (SSSR count). The molecule has 0 unspecified atom stereocenters. The van der Waals surface area contributed by atoms with Crippen LogP contribution in [-0.2, 0) is 76.3 Å². The van der Waals surface area contributed by atoms with Gasteiger partial charge in [-0.3, -0.25) is 0 Å². The molecule has 0 aromatic heterocycles. The molecule has 0 aliphatic carbocycles. The highest BCUT2D eigenvalue weighted by Gasteiger charge is 2.63. The first-order chi connectivity index (χ1) is 38.4. The largest absolute Gasteiger partial charge is 0.466 e. The highest BCUT2D eigenvalue weighted by Crippen LogP contribution is 2.73. The van der Waals surface area contributed by atoms with E-state index in [9.17, 15) is 38.4 Å². The molecule has 424 valence electrons. The van der Waals surface area contributed by atoms with E-state index in [0.717, 1.165) is 87.3 Å². The van der Waals surface area contributed by atoms with Gasteiger partial charge in [0, 0.05) is 63.5 Å². The molecule has 3 aromatic rings. The van der Waals surface area contributed by atoms with Gasteiger partial charge >= 0.3 is 47.8 Å². The molecular formula is C57H54N2O16S6. The Bertz CT molecular complexity index is 3270. The van der Waals surface area contributed by atoms with Gasteiger partial charge in [-0.1, -0.05) is 113 Å². The summed E-state index contributed by atoms with van der Waals surface area (Å²) in [6.45, 7) is 7.85. The van der Waals surface area contributed by atoms with Gasteiger partial charge in [-0.25, -0.2) is 38.4 Å².